The number of fused-ring (bicyclic) bond motifs is 1. The van der Waals surface area contributed by atoms with E-state index in [4.69, 9.17) is 4.74 Å². The Morgan fingerprint density at radius 1 is 0.974 bits per heavy atom. The second-order valence-electron chi connectivity index (χ2n) is 12.1. The summed E-state index contributed by atoms with van der Waals surface area (Å²) >= 11 is 0. The molecule has 2 N–H and O–H groups in total. The molecule has 0 amide bonds. The van der Waals surface area contributed by atoms with Gasteiger partial charge in [-0.2, -0.15) is 0 Å². The Morgan fingerprint density at radius 3 is 2.39 bits per heavy atom. The van der Waals surface area contributed by atoms with Crippen molar-refractivity contribution in [2.45, 2.75) is 84.1 Å². The SMILES string of the molecule is CC(C)NCCCCOc1cc(-c2cccc(-c3ccc(C(=O)O)cn3)c2)cc2c1C(C)(C)CCC2(C)C. The third-order valence-corrected chi connectivity index (χ3v) is 7.77. The Balaban J connectivity index is 1.69. The number of benzene rings is 2. The summed E-state index contributed by atoms with van der Waals surface area (Å²) in [4.78, 5) is 15.6. The number of pyridine rings is 1. The highest BCUT2D eigenvalue weighted by atomic mass is 16.5. The average Bonchev–Trinajstić information content (AvgIpc) is 2.88. The van der Waals surface area contributed by atoms with Crippen LogP contribution in [-0.4, -0.2) is 35.3 Å². The minimum Gasteiger partial charge on any atom is -0.493 e. The van der Waals surface area contributed by atoms with Crippen molar-refractivity contribution < 1.29 is 14.6 Å². The summed E-state index contributed by atoms with van der Waals surface area (Å²) in [6, 6.07) is 16.8. The lowest BCUT2D eigenvalue weighted by atomic mass is 9.62. The molecule has 1 heterocycles. The van der Waals surface area contributed by atoms with Crippen LogP contribution in [-0.2, 0) is 10.8 Å². The second-order valence-corrected chi connectivity index (χ2v) is 12.1. The summed E-state index contributed by atoms with van der Waals surface area (Å²) in [5, 5.41) is 12.7. The van der Waals surface area contributed by atoms with Gasteiger partial charge in [-0.1, -0.05) is 65.8 Å². The van der Waals surface area contributed by atoms with Crippen LogP contribution in [0.2, 0.25) is 0 Å². The molecule has 0 atom stereocenters. The first-order chi connectivity index (χ1) is 18.0. The number of carboxylic acid groups (broad SMARTS) is 1. The van der Waals surface area contributed by atoms with Crippen molar-refractivity contribution in [3.8, 4) is 28.1 Å². The molecule has 1 aromatic heterocycles. The highest BCUT2D eigenvalue weighted by Crippen LogP contribution is 2.51. The molecule has 0 spiro atoms. The van der Waals surface area contributed by atoms with Crippen molar-refractivity contribution in [3.63, 3.8) is 0 Å². The maximum Gasteiger partial charge on any atom is 0.337 e. The molecule has 3 aromatic rings. The molecule has 0 aliphatic heterocycles. The normalized spacial score (nSPS) is 15.8. The molecule has 0 saturated carbocycles. The molecule has 0 fully saturated rings. The van der Waals surface area contributed by atoms with Gasteiger partial charge in [-0.05, 0) is 84.0 Å². The Kier molecular flexibility index (Phi) is 8.27. The zero-order valence-corrected chi connectivity index (χ0v) is 23.7. The Morgan fingerprint density at radius 2 is 1.71 bits per heavy atom. The molecular weight excluding hydrogens is 472 g/mol. The van der Waals surface area contributed by atoms with Gasteiger partial charge in [-0.15, -0.1) is 0 Å². The highest BCUT2D eigenvalue weighted by Gasteiger charge is 2.39. The molecule has 202 valence electrons. The lowest BCUT2D eigenvalue weighted by molar-refractivity contribution is 0.0696. The molecule has 4 rings (SSSR count). The standard InChI is InChI=1S/C33H42N2O3/c1-22(2)34-16-7-8-17-38-29-20-26(19-27-30(29)33(5,6)15-14-32(27,3)4)23-10-9-11-24(18-23)28-13-12-25(21-35-28)31(36)37/h9-13,18-22,34H,7-8,14-17H2,1-6H3,(H,36,37). The monoisotopic (exact) mass is 514 g/mol. The summed E-state index contributed by atoms with van der Waals surface area (Å²) in [5.41, 5.74) is 6.96. The number of carbonyl (C=O) groups is 1. The summed E-state index contributed by atoms with van der Waals surface area (Å²) in [6.45, 7) is 15.4. The Labute approximate surface area is 227 Å². The first-order valence-electron chi connectivity index (χ1n) is 13.8. The molecule has 1 aliphatic carbocycles. The largest absolute Gasteiger partial charge is 0.493 e. The van der Waals surface area contributed by atoms with Crippen molar-refractivity contribution in [1.82, 2.24) is 10.3 Å². The fourth-order valence-electron chi connectivity index (χ4n) is 5.36. The zero-order valence-electron chi connectivity index (χ0n) is 23.7. The van der Waals surface area contributed by atoms with E-state index in [0.29, 0.717) is 12.6 Å². The molecule has 2 aromatic carbocycles. The third-order valence-electron chi connectivity index (χ3n) is 7.77. The van der Waals surface area contributed by atoms with Gasteiger partial charge in [0.1, 0.15) is 5.75 Å². The van der Waals surface area contributed by atoms with E-state index in [1.54, 1.807) is 12.1 Å². The topological polar surface area (TPSA) is 71.5 Å². The number of aromatic nitrogens is 1. The number of hydrogen-bond acceptors (Lipinski definition) is 4. The number of ether oxygens (including phenoxy) is 1. The van der Waals surface area contributed by atoms with Crippen LogP contribution in [0.25, 0.3) is 22.4 Å². The van der Waals surface area contributed by atoms with Crippen LogP contribution in [0.5, 0.6) is 5.75 Å². The van der Waals surface area contributed by atoms with Crippen molar-refractivity contribution in [2.75, 3.05) is 13.2 Å². The van der Waals surface area contributed by atoms with E-state index >= 15 is 0 Å². The van der Waals surface area contributed by atoms with Crippen LogP contribution in [0.3, 0.4) is 0 Å². The molecule has 0 radical (unpaired) electrons. The van der Waals surface area contributed by atoms with Crippen LogP contribution < -0.4 is 10.1 Å². The van der Waals surface area contributed by atoms with Gasteiger partial charge in [0.15, 0.2) is 0 Å². The van der Waals surface area contributed by atoms with Crippen LogP contribution in [0, 0.1) is 0 Å². The predicted molar refractivity (Wildman–Crippen MR) is 155 cm³/mol. The van der Waals surface area contributed by atoms with E-state index < -0.39 is 5.97 Å². The van der Waals surface area contributed by atoms with Crippen molar-refractivity contribution in [1.29, 1.82) is 0 Å². The number of nitrogens with one attached hydrogen (secondary N) is 1. The summed E-state index contributed by atoms with van der Waals surface area (Å²) in [6.07, 6.45) is 5.78. The van der Waals surface area contributed by atoms with E-state index in [1.165, 1.54) is 17.3 Å². The predicted octanol–water partition coefficient (Wildman–Crippen LogP) is 7.62. The minimum atomic E-state index is -0.971. The van der Waals surface area contributed by atoms with Crippen LogP contribution in [0.15, 0.2) is 54.7 Å². The molecule has 0 saturated heterocycles. The average molecular weight is 515 g/mol. The van der Waals surface area contributed by atoms with Gasteiger partial charge in [-0.25, -0.2) is 4.79 Å². The molecule has 0 bridgehead atoms. The number of rotatable bonds is 10. The van der Waals surface area contributed by atoms with Crippen LogP contribution >= 0.6 is 0 Å². The fourth-order valence-corrected chi connectivity index (χ4v) is 5.36. The zero-order chi connectivity index (χ0) is 27.5. The Hall–Kier alpha value is -3.18. The van der Waals surface area contributed by atoms with Crippen molar-refractivity contribution >= 4 is 5.97 Å². The van der Waals surface area contributed by atoms with E-state index in [2.05, 4.69) is 76.1 Å². The van der Waals surface area contributed by atoms with Gasteiger partial charge >= 0.3 is 5.97 Å². The summed E-state index contributed by atoms with van der Waals surface area (Å²) < 4.78 is 6.56. The van der Waals surface area contributed by atoms with E-state index in [1.807, 2.05) is 12.1 Å². The van der Waals surface area contributed by atoms with Gasteiger partial charge in [0.05, 0.1) is 17.9 Å². The minimum absolute atomic E-state index is 0.0512. The highest BCUT2D eigenvalue weighted by molar-refractivity contribution is 5.87. The van der Waals surface area contributed by atoms with E-state index in [9.17, 15) is 9.90 Å². The van der Waals surface area contributed by atoms with Gasteiger partial charge in [0, 0.05) is 23.4 Å². The summed E-state index contributed by atoms with van der Waals surface area (Å²) in [5.74, 6) is 0.0301. The molecule has 0 unspecified atom stereocenters. The quantitative estimate of drug-likeness (QED) is 0.272. The number of nitrogens with zero attached hydrogens (tertiary/aromatic N) is 1. The number of unbranched alkanes of at least 4 members (excludes halogenated alkanes) is 1. The van der Waals surface area contributed by atoms with E-state index in [0.717, 1.165) is 60.4 Å². The van der Waals surface area contributed by atoms with Crippen molar-refractivity contribution in [2.24, 2.45) is 0 Å². The lowest BCUT2D eigenvalue weighted by Gasteiger charge is -2.43. The number of hydrogen-bond donors (Lipinski definition) is 2. The smallest absolute Gasteiger partial charge is 0.337 e. The molecule has 1 aliphatic rings. The van der Waals surface area contributed by atoms with Gasteiger partial charge in [0.25, 0.3) is 0 Å². The Bertz CT molecular complexity index is 1280. The van der Waals surface area contributed by atoms with Crippen LogP contribution in [0.4, 0.5) is 0 Å². The maximum absolute atomic E-state index is 11.2. The van der Waals surface area contributed by atoms with Gasteiger partial charge < -0.3 is 15.2 Å². The first kappa shape index (κ1) is 27.8. The molecule has 5 nitrogen and oxygen atoms in total. The molecule has 38 heavy (non-hydrogen) atoms. The second kappa shape index (κ2) is 11.3. The third kappa shape index (κ3) is 6.27. The first-order valence-corrected chi connectivity index (χ1v) is 13.8. The summed E-state index contributed by atoms with van der Waals surface area (Å²) in [7, 11) is 0. The lowest BCUT2D eigenvalue weighted by Crippen LogP contribution is -2.34. The van der Waals surface area contributed by atoms with E-state index in [-0.39, 0.29) is 16.4 Å². The maximum atomic E-state index is 11.2. The molecular formula is C33H42N2O3. The van der Waals surface area contributed by atoms with Crippen LogP contribution in [0.1, 0.15) is 88.7 Å². The van der Waals surface area contributed by atoms with Gasteiger partial charge in [-0.3, -0.25) is 4.98 Å². The number of aromatic carboxylic acids is 1. The number of carboxylic acids is 1. The fraction of sp³-hybridized carbons (Fsp3) is 0.455. The van der Waals surface area contributed by atoms with Gasteiger partial charge in [0.2, 0.25) is 0 Å². The van der Waals surface area contributed by atoms with Crippen molar-refractivity contribution in [3.05, 3.63) is 71.4 Å². The molecule has 5 heteroatoms.